The second-order valence-electron chi connectivity index (χ2n) is 7.80. The largest absolute Gasteiger partial charge is 0.493 e. The molecule has 178 valence electrons. The van der Waals surface area contributed by atoms with Crippen molar-refractivity contribution in [2.45, 2.75) is 20.1 Å². The summed E-state index contributed by atoms with van der Waals surface area (Å²) in [7, 11) is 1.41. The Labute approximate surface area is 206 Å². The van der Waals surface area contributed by atoms with E-state index in [1.165, 1.54) is 30.6 Å². The molecule has 0 aliphatic heterocycles. The lowest BCUT2D eigenvalue weighted by atomic mass is 10.0. The molecule has 0 atom stereocenters. The monoisotopic (exact) mass is 489 g/mol. The van der Waals surface area contributed by atoms with Gasteiger partial charge in [0.25, 0.3) is 11.6 Å². The van der Waals surface area contributed by atoms with Gasteiger partial charge in [0.15, 0.2) is 11.5 Å². The molecule has 8 nitrogen and oxygen atoms in total. The molecule has 0 aliphatic carbocycles. The number of thiazole rings is 1. The highest BCUT2D eigenvalue weighted by molar-refractivity contribution is 7.07. The number of amides is 1. The van der Waals surface area contributed by atoms with Crippen molar-refractivity contribution in [3.8, 4) is 22.6 Å². The van der Waals surface area contributed by atoms with Crippen LogP contribution in [-0.2, 0) is 13.2 Å². The summed E-state index contributed by atoms with van der Waals surface area (Å²) in [6.07, 6.45) is 0. The highest BCUT2D eigenvalue weighted by Gasteiger charge is 2.25. The van der Waals surface area contributed by atoms with E-state index in [-0.39, 0.29) is 35.9 Å². The van der Waals surface area contributed by atoms with E-state index in [1.807, 2.05) is 54.8 Å². The summed E-state index contributed by atoms with van der Waals surface area (Å²) in [5.74, 6) is -0.200. The highest BCUT2D eigenvalue weighted by atomic mass is 32.1. The predicted octanol–water partition coefficient (Wildman–Crippen LogP) is 5.54. The highest BCUT2D eigenvalue weighted by Crippen LogP contribution is 2.35. The maximum atomic E-state index is 12.9. The van der Waals surface area contributed by atoms with Crippen molar-refractivity contribution in [3.05, 3.63) is 104 Å². The molecule has 3 aromatic carbocycles. The van der Waals surface area contributed by atoms with Crippen LogP contribution in [-0.4, -0.2) is 22.9 Å². The number of hydrogen-bond acceptors (Lipinski definition) is 7. The number of aromatic nitrogens is 1. The van der Waals surface area contributed by atoms with Crippen LogP contribution in [0.15, 0.2) is 71.6 Å². The zero-order chi connectivity index (χ0) is 24.8. The SMILES string of the molecule is COc1cc(C(=O)NCc2cccc(-c3cccc(C)c3)c2)c([N+](=O)[O-])cc1OCc1cscn1. The number of hydrogen-bond donors (Lipinski definition) is 1. The number of carbonyl (C=O) groups excluding carboxylic acids is 1. The van der Waals surface area contributed by atoms with E-state index in [0.29, 0.717) is 5.69 Å². The van der Waals surface area contributed by atoms with Gasteiger partial charge in [-0.15, -0.1) is 11.3 Å². The van der Waals surface area contributed by atoms with Crippen LogP contribution in [0.4, 0.5) is 5.69 Å². The second kappa shape index (κ2) is 10.8. The Morgan fingerprint density at radius 3 is 2.54 bits per heavy atom. The van der Waals surface area contributed by atoms with Crippen LogP contribution in [0.2, 0.25) is 0 Å². The standard InChI is InChI=1S/C26H23N3O5S/c1-17-5-3-7-19(9-17)20-8-4-6-18(10-20)13-27-26(30)22-11-24(33-2)25(12-23(22)29(31)32)34-14-21-15-35-16-28-21/h3-12,15-16H,13-14H2,1-2H3,(H,27,30). The molecule has 0 saturated heterocycles. The first-order valence-corrected chi connectivity index (χ1v) is 11.7. The van der Waals surface area contributed by atoms with E-state index in [4.69, 9.17) is 9.47 Å². The van der Waals surface area contributed by atoms with E-state index < -0.39 is 10.8 Å². The quantitative estimate of drug-likeness (QED) is 0.244. The van der Waals surface area contributed by atoms with Crippen molar-refractivity contribution in [1.82, 2.24) is 10.3 Å². The normalized spacial score (nSPS) is 10.6. The van der Waals surface area contributed by atoms with Gasteiger partial charge in [-0.25, -0.2) is 4.98 Å². The van der Waals surface area contributed by atoms with E-state index >= 15 is 0 Å². The van der Waals surface area contributed by atoms with Gasteiger partial charge in [-0.3, -0.25) is 14.9 Å². The fourth-order valence-corrected chi connectivity index (χ4v) is 4.12. The van der Waals surface area contributed by atoms with Gasteiger partial charge in [0, 0.05) is 18.0 Å². The number of carbonyl (C=O) groups is 1. The Hall–Kier alpha value is -4.24. The molecule has 1 aromatic heterocycles. The molecule has 1 heterocycles. The minimum atomic E-state index is -0.609. The van der Waals surface area contributed by atoms with E-state index in [0.717, 1.165) is 22.3 Å². The number of benzene rings is 3. The molecule has 4 rings (SSSR count). The van der Waals surface area contributed by atoms with Gasteiger partial charge in [0.05, 0.1) is 29.3 Å². The minimum Gasteiger partial charge on any atom is -0.493 e. The number of nitro benzene ring substituents is 1. The maximum absolute atomic E-state index is 12.9. The number of methoxy groups -OCH3 is 1. The predicted molar refractivity (Wildman–Crippen MR) is 134 cm³/mol. The van der Waals surface area contributed by atoms with Gasteiger partial charge in [-0.2, -0.15) is 0 Å². The third-order valence-corrected chi connectivity index (χ3v) is 5.95. The Bertz CT molecular complexity index is 1360. The summed E-state index contributed by atoms with van der Waals surface area (Å²) in [4.78, 5) is 28.2. The first-order valence-electron chi connectivity index (χ1n) is 10.7. The van der Waals surface area contributed by atoms with Crippen molar-refractivity contribution >= 4 is 22.9 Å². The van der Waals surface area contributed by atoms with E-state index in [2.05, 4.69) is 16.4 Å². The molecule has 0 fully saturated rings. The van der Waals surface area contributed by atoms with Crippen molar-refractivity contribution in [2.75, 3.05) is 7.11 Å². The van der Waals surface area contributed by atoms with Gasteiger partial charge in [-0.1, -0.05) is 48.0 Å². The Morgan fingerprint density at radius 2 is 1.86 bits per heavy atom. The van der Waals surface area contributed by atoms with Crippen molar-refractivity contribution in [1.29, 1.82) is 0 Å². The molecule has 0 unspecified atom stereocenters. The van der Waals surface area contributed by atoms with Gasteiger partial charge >= 0.3 is 0 Å². The van der Waals surface area contributed by atoms with Crippen LogP contribution in [0.5, 0.6) is 11.5 Å². The summed E-state index contributed by atoms with van der Waals surface area (Å²) in [6, 6.07) is 18.5. The molecule has 0 aliphatic rings. The summed E-state index contributed by atoms with van der Waals surface area (Å²) >= 11 is 1.42. The average Bonchev–Trinajstić information content (AvgIpc) is 3.39. The van der Waals surface area contributed by atoms with Crippen LogP contribution in [0.1, 0.15) is 27.2 Å². The zero-order valence-electron chi connectivity index (χ0n) is 19.2. The molecule has 9 heteroatoms. The molecular formula is C26H23N3O5S. The zero-order valence-corrected chi connectivity index (χ0v) is 20.0. The smallest absolute Gasteiger partial charge is 0.286 e. The van der Waals surface area contributed by atoms with E-state index in [1.54, 1.807) is 5.51 Å². The van der Waals surface area contributed by atoms with Crippen LogP contribution < -0.4 is 14.8 Å². The van der Waals surface area contributed by atoms with Crippen molar-refractivity contribution in [3.63, 3.8) is 0 Å². The number of aryl methyl sites for hydroxylation is 1. The Kier molecular flexibility index (Phi) is 7.37. The molecule has 0 bridgehead atoms. The summed E-state index contributed by atoms with van der Waals surface area (Å²) in [6.45, 7) is 2.37. The Balaban J connectivity index is 1.52. The number of ether oxygens (including phenoxy) is 2. The van der Waals surface area contributed by atoms with E-state index in [9.17, 15) is 14.9 Å². The van der Waals surface area contributed by atoms with Crippen LogP contribution in [0.3, 0.4) is 0 Å². The minimum absolute atomic E-state index is 0.109. The third-order valence-electron chi connectivity index (χ3n) is 5.31. The first-order chi connectivity index (χ1) is 16.9. The van der Waals surface area contributed by atoms with Crippen molar-refractivity contribution in [2.24, 2.45) is 0 Å². The fourth-order valence-electron chi connectivity index (χ4n) is 3.58. The van der Waals surface area contributed by atoms with Crippen LogP contribution in [0, 0.1) is 17.0 Å². The average molecular weight is 490 g/mol. The number of nitro groups is 1. The topological polar surface area (TPSA) is 104 Å². The summed E-state index contributed by atoms with van der Waals surface area (Å²) in [5, 5.41) is 16.3. The van der Waals surface area contributed by atoms with Crippen LogP contribution >= 0.6 is 11.3 Å². The lowest BCUT2D eigenvalue weighted by Crippen LogP contribution is -2.24. The molecule has 1 N–H and O–H groups in total. The molecule has 0 radical (unpaired) electrons. The number of rotatable bonds is 9. The molecule has 1 amide bonds. The van der Waals surface area contributed by atoms with Gasteiger partial charge in [-0.05, 0) is 29.7 Å². The van der Waals surface area contributed by atoms with Gasteiger partial charge in [0.1, 0.15) is 12.2 Å². The molecule has 4 aromatic rings. The lowest BCUT2D eigenvalue weighted by molar-refractivity contribution is -0.385. The second-order valence-corrected chi connectivity index (χ2v) is 8.52. The first kappa shape index (κ1) is 23.9. The summed E-state index contributed by atoms with van der Waals surface area (Å²) in [5.41, 5.74) is 6.00. The van der Waals surface area contributed by atoms with Gasteiger partial charge < -0.3 is 14.8 Å². The Morgan fingerprint density at radius 1 is 1.09 bits per heavy atom. The molecular weight excluding hydrogens is 466 g/mol. The third kappa shape index (κ3) is 5.82. The fraction of sp³-hybridized carbons (Fsp3) is 0.154. The van der Waals surface area contributed by atoms with Crippen LogP contribution in [0.25, 0.3) is 11.1 Å². The lowest BCUT2D eigenvalue weighted by Gasteiger charge is -2.13. The number of nitrogens with zero attached hydrogens (tertiary/aromatic N) is 2. The number of nitrogens with one attached hydrogen (secondary N) is 1. The van der Waals surface area contributed by atoms with Gasteiger partial charge in [0.2, 0.25) is 0 Å². The van der Waals surface area contributed by atoms with Crippen molar-refractivity contribution < 1.29 is 19.2 Å². The molecule has 35 heavy (non-hydrogen) atoms. The molecule has 0 saturated carbocycles. The summed E-state index contributed by atoms with van der Waals surface area (Å²) < 4.78 is 11.0. The maximum Gasteiger partial charge on any atom is 0.286 e. The molecule has 0 spiro atoms.